The average Bonchev–Trinajstić information content (AvgIpc) is 2.39. The first-order valence-electron chi connectivity index (χ1n) is 6.23. The molecule has 0 aromatic rings. The Bertz CT molecular complexity index is 233. The van der Waals surface area contributed by atoms with Gasteiger partial charge in [-0.05, 0) is 31.6 Å². The molecule has 16 heavy (non-hydrogen) atoms. The summed E-state index contributed by atoms with van der Waals surface area (Å²) in [5, 5.41) is 0. The van der Waals surface area contributed by atoms with E-state index in [4.69, 9.17) is 16.3 Å². The molecule has 92 valence electrons. The van der Waals surface area contributed by atoms with E-state index >= 15 is 0 Å². The van der Waals surface area contributed by atoms with E-state index in [2.05, 4.69) is 0 Å². The zero-order valence-corrected chi connectivity index (χ0v) is 10.4. The summed E-state index contributed by atoms with van der Waals surface area (Å²) in [7, 11) is 0. The van der Waals surface area contributed by atoms with E-state index in [1.165, 1.54) is 0 Å². The number of halogens is 1. The summed E-state index contributed by atoms with van der Waals surface area (Å²) in [6.07, 6.45) is 4.13. The topological polar surface area (TPSA) is 29.5 Å². The number of carbonyl (C=O) groups excluding carboxylic acids is 1. The van der Waals surface area contributed by atoms with Gasteiger partial charge in [-0.1, -0.05) is 0 Å². The maximum Gasteiger partial charge on any atom is 0.228 e. The van der Waals surface area contributed by atoms with E-state index in [9.17, 15) is 4.79 Å². The highest BCUT2D eigenvalue weighted by molar-refractivity contribution is 6.18. The Morgan fingerprint density at radius 1 is 1.31 bits per heavy atom. The molecular weight excluding hydrogens is 226 g/mol. The minimum Gasteiger partial charge on any atom is -0.381 e. The number of hydrogen-bond acceptors (Lipinski definition) is 2. The van der Waals surface area contributed by atoms with Crippen LogP contribution in [0.1, 0.15) is 25.7 Å². The highest BCUT2D eigenvalue weighted by Crippen LogP contribution is 2.22. The molecule has 2 saturated heterocycles. The van der Waals surface area contributed by atoms with Crippen molar-refractivity contribution in [2.24, 2.45) is 11.8 Å². The van der Waals surface area contributed by atoms with Crippen LogP contribution in [0.3, 0.4) is 0 Å². The summed E-state index contributed by atoms with van der Waals surface area (Å²) in [5.41, 5.74) is 0. The third kappa shape index (κ3) is 2.89. The van der Waals surface area contributed by atoms with E-state index in [1.807, 2.05) is 4.90 Å². The SMILES string of the molecule is O=C(C1CCCOC1)N1CCC(CCl)CC1. The van der Waals surface area contributed by atoms with Gasteiger partial charge in [0.1, 0.15) is 0 Å². The van der Waals surface area contributed by atoms with Gasteiger partial charge in [0.2, 0.25) is 5.91 Å². The van der Waals surface area contributed by atoms with Gasteiger partial charge < -0.3 is 9.64 Å². The van der Waals surface area contributed by atoms with Gasteiger partial charge in [0, 0.05) is 25.6 Å². The fourth-order valence-corrected chi connectivity index (χ4v) is 2.81. The zero-order chi connectivity index (χ0) is 11.4. The smallest absolute Gasteiger partial charge is 0.228 e. The minimum atomic E-state index is 0.112. The van der Waals surface area contributed by atoms with Gasteiger partial charge in [-0.2, -0.15) is 0 Å². The molecule has 1 amide bonds. The number of hydrogen-bond donors (Lipinski definition) is 0. The van der Waals surface area contributed by atoms with Crippen LogP contribution in [0.25, 0.3) is 0 Å². The molecule has 2 fully saturated rings. The number of amides is 1. The van der Waals surface area contributed by atoms with Crippen molar-refractivity contribution in [1.29, 1.82) is 0 Å². The molecule has 0 bridgehead atoms. The quantitative estimate of drug-likeness (QED) is 0.696. The summed E-state index contributed by atoms with van der Waals surface area (Å²) in [6.45, 7) is 3.20. The van der Waals surface area contributed by atoms with Gasteiger partial charge >= 0.3 is 0 Å². The lowest BCUT2D eigenvalue weighted by molar-refractivity contribution is -0.141. The van der Waals surface area contributed by atoms with Gasteiger partial charge in [0.05, 0.1) is 12.5 Å². The predicted octanol–water partition coefficient (Wildman–Crippen LogP) is 1.89. The molecule has 0 aromatic heterocycles. The first-order valence-corrected chi connectivity index (χ1v) is 6.77. The molecule has 2 aliphatic heterocycles. The number of nitrogens with zero attached hydrogens (tertiary/aromatic N) is 1. The minimum absolute atomic E-state index is 0.112. The lowest BCUT2D eigenvalue weighted by Crippen LogP contribution is -2.44. The average molecular weight is 246 g/mol. The summed E-state index contributed by atoms with van der Waals surface area (Å²) < 4.78 is 5.37. The van der Waals surface area contributed by atoms with Gasteiger partial charge in [0.15, 0.2) is 0 Å². The van der Waals surface area contributed by atoms with E-state index in [0.29, 0.717) is 18.4 Å². The second-order valence-corrected chi connectivity index (χ2v) is 5.15. The Hall–Kier alpha value is -0.280. The van der Waals surface area contributed by atoms with Crippen LogP contribution in [0.4, 0.5) is 0 Å². The molecule has 0 spiro atoms. The molecule has 2 aliphatic rings. The fourth-order valence-electron chi connectivity index (χ4n) is 2.50. The summed E-state index contributed by atoms with van der Waals surface area (Å²) in [4.78, 5) is 14.2. The number of likely N-dealkylation sites (tertiary alicyclic amines) is 1. The molecule has 1 atom stereocenters. The molecule has 0 saturated carbocycles. The highest BCUT2D eigenvalue weighted by Gasteiger charge is 2.29. The fraction of sp³-hybridized carbons (Fsp3) is 0.917. The first-order chi connectivity index (χ1) is 7.81. The van der Waals surface area contributed by atoms with Crippen LogP contribution in [-0.2, 0) is 9.53 Å². The Labute approximate surface area is 102 Å². The van der Waals surface area contributed by atoms with E-state index in [0.717, 1.165) is 51.3 Å². The molecule has 0 N–H and O–H groups in total. The molecule has 2 heterocycles. The zero-order valence-electron chi connectivity index (χ0n) is 9.66. The van der Waals surface area contributed by atoms with Crippen molar-refractivity contribution in [3.63, 3.8) is 0 Å². The van der Waals surface area contributed by atoms with Crippen molar-refractivity contribution in [2.75, 3.05) is 32.2 Å². The predicted molar refractivity (Wildman–Crippen MR) is 63.6 cm³/mol. The summed E-state index contributed by atoms with van der Waals surface area (Å²) >= 11 is 5.83. The maximum atomic E-state index is 12.2. The largest absolute Gasteiger partial charge is 0.381 e. The number of rotatable bonds is 2. The van der Waals surface area contributed by atoms with Crippen LogP contribution in [0.2, 0.25) is 0 Å². The molecule has 0 aromatic carbocycles. The van der Waals surface area contributed by atoms with Crippen molar-refractivity contribution in [3.8, 4) is 0 Å². The van der Waals surface area contributed by atoms with Crippen LogP contribution < -0.4 is 0 Å². The molecule has 0 aliphatic carbocycles. The maximum absolute atomic E-state index is 12.2. The lowest BCUT2D eigenvalue weighted by atomic mass is 9.95. The number of ether oxygens (including phenoxy) is 1. The summed E-state index contributed by atoms with van der Waals surface area (Å²) in [5.74, 6) is 1.75. The van der Waals surface area contributed by atoms with E-state index in [-0.39, 0.29) is 5.92 Å². The van der Waals surface area contributed by atoms with Gasteiger partial charge in [-0.15, -0.1) is 11.6 Å². The molecule has 4 heteroatoms. The van der Waals surface area contributed by atoms with Gasteiger partial charge in [-0.25, -0.2) is 0 Å². The van der Waals surface area contributed by atoms with Crippen LogP contribution in [0, 0.1) is 11.8 Å². The Morgan fingerprint density at radius 3 is 2.62 bits per heavy atom. The number of alkyl halides is 1. The first kappa shape index (κ1) is 12.2. The van der Waals surface area contributed by atoms with Crippen molar-refractivity contribution in [2.45, 2.75) is 25.7 Å². The third-order valence-electron chi connectivity index (χ3n) is 3.65. The second-order valence-electron chi connectivity index (χ2n) is 4.84. The molecule has 0 radical (unpaired) electrons. The summed E-state index contributed by atoms with van der Waals surface area (Å²) in [6, 6.07) is 0. The van der Waals surface area contributed by atoms with Crippen molar-refractivity contribution >= 4 is 17.5 Å². The molecule has 3 nitrogen and oxygen atoms in total. The van der Waals surface area contributed by atoms with Crippen molar-refractivity contribution in [3.05, 3.63) is 0 Å². The van der Waals surface area contributed by atoms with Crippen LogP contribution >= 0.6 is 11.6 Å². The molecule has 1 unspecified atom stereocenters. The van der Waals surface area contributed by atoms with E-state index < -0.39 is 0 Å². The highest BCUT2D eigenvalue weighted by atomic mass is 35.5. The van der Waals surface area contributed by atoms with Crippen LogP contribution in [-0.4, -0.2) is 43.0 Å². The second kappa shape index (κ2) is 5.87. The molecule has 2 rings (SSSR count). The Balaban J connectivity index is 1.81. The van der Waals surface area contributed by atoms with E-state index in [1.54, 1.807) is 0 Å². The van der Waals surface area contributed by atoms with Gasteiger partial charge in [-0.3, -0.25) is 4.79 Å². The van der Waals surface area contributed by atoms with Crippen molar-refractivity contribution in [1.82, 2.24) is 4.90 Å². The standard InChI is InChI=1S/C12H20ClNO2/c13-8-10-3-5-14(6-4-10)12(15)11-2-1-7-16-9-11/h10-11H,1-9H2. The van der Waals surface area contributed by atoms with Crippen LogP contribution in [0.15, 0.2) is 0 Å². The van der Waals surface area contributed by atoms with Gasteiger partial charge in [0.25, 0.3) is 0 Å². The van der Waals surface area contributed by atoms with Crippen LogP contribution in [0.5, 0.6) is 0 Å². The molecular formula is C12H20ClNO2. The van der Waals surface area contributed by atoms with Crippen molar-refractivity contribution < 1.29 is 9.53 Å². The monoisotopic (exact) mass is 245 g/mol. The Morgan fingerprint density at radius 2 is 2.06 bits per heavy atom. The normalized spacial score (nSPS) is 28.1. The third-order valence-corrected chi connectivity index (χ3v) is 4.09. The number of piperidine rings is 1. The number of carbonyl (C=O) groups is 1. The lowest BCUT2D eigenvalue weighted by Gasteiger charge is -2.34. The Kier molecular flexibility index (Phi) is 4.47.